The van der Waals surface area contributed by atoms with Crippen molar-refractivity contribution < 1.29 is 4.74 Å². The van der Waals surface area contributed by atoms with Crippen LogP contribution < -0.4 is 4.74 Å². The molecule has 0 bridgehead atoms. The van der Waals surface area contributed by atoms with Gasteiger partial charge >= 0.3 is 0 Å². The predicted molar refractivity (Wildman–Crippen MR) is 81.2 cm³/mol. The van der Waals surface area contributed by atoms with Gasteiger partial charge in [-0.1, -0.05) is 6.07 Å². The van der Waals surface area contributed by atoms with E-state index in [1.807, 2.05) is 60.0 Å². The molecule has 0 amide bonds. The Balaban J connectivity index is 2.23. The van der Waals surface area contributed by atoms with Crippen molar-refractivity contribution in [3.63, 3.8) is 0 Å². The van der Waals surface area contributed by atoms with E-state index < -0.39 is 0 Å². The molecule has 3 aromatic rings. The maximum atomic E-state index is 9.31. The van der Waals surface area contributed by atoms with Gasteiger partial charge in [-0.25, -0.2) is 4.98 Å². The molecule has 2 heterocycles. The maximum Gasteiger partial charge on any atom is 0.137 e. The van der Waals surface area contributed by atoms with Crippen molar-refractivity contribution in [3.8, 4) is 23.1 Å². The molecule has 4 nitrogen and oxygen atoms in total. The van der Waals surface area contributed by atoms with Crippen LogP contribution in [-0.4, -0.2) is 16.5 Å². The molecule has 0 fully saturated rings. The van der Waals surface area contributed by atoms with E-state index in [2.05, 4.69) is 11.1 Å². The highest BCUT2D eigenvalue weighted by Gasteiger charge is 2.18. The van der Waals surface area contributed by atoms with Gasteiger partial charge in [-0.3, -0.25) is 0 Å². The second-order valence-corrected chi connectivity index (χ2v) is 4.85. The normalized spacial score (nSPS) is 12.0. The summed E-state index contributed by atoms with van der Waals surface area (Å²) in [6.45, 7) is 1.89. The SMILES string of the molecule is COc1ccc(-c2nc3ccccn3c2C(C)C#N)cc1. The lowest BCUT2D eigenvalue weighted by Gasteiger charge is -2.07. The van der Waals surface area contributed by atoms with Crippen LogP contribution in [0.3, 0.4) is 0 Å². The highest BCUT2D eigenvalue weighted by molar-refractivity contribution is 5.68. The predicted octanol–water partition coefficient (Wildman–Crippen LogP) is 3.64. The first kappa shape index (κ1) is 13.2. The van der Waals surface area contributed by atoms with Crippen LogP contribution in [0.4, 0.5) is 0 Å². The van der Waals surface area contributed by atoms with E-state index in [-0.39, 0.29) is 5.92 Å². The highest BCUT2D eigenvalue weighted by Crippen LogP contribution is 2.30. The van der Waals surface area contributed by atoms with Crippen LogP contribution in [0.1, 0.15) is 18.5 Å². The average Bonchev–Trinajstić information content (AvgIpc) is 2.93. The first-order chi connectivity index (χ1) is 10.2. The van der Waals surface area contributed by atoms with Gasteiger partial charge in [-0.15, -0.1) is 0 Å². The third-order valence-corrected chi connectivity index (χ3v) is 3.53. The molecule has 21 heavy (non-hydrogen) atoms. The molecule has 0 spiro atoms. The number of imidazole rings is 1. The van der Waals surface area contributed by atoms with Gasteiger partial charge in [0.25, 0.3) is 0 Å². The Morgan fingerprint density at radius 1 is 1.19 bits per heavy atom. The number of nitrogens with zero attached hydrogens (tertiary/aromatic N) is 3. The van der Waals surface area contributed by atoms with E-state index in [9.17, 15) is 5.26 Å². The number of pyridine rings is 1. The van der Waals surface area contributed by atoms with E-state index >= 15 is 0 Å². The summed E-state index contributed by atoms with van der Waals surface area (Å²) in [5.74, 6) is 0.567. The van der Waals surface area contributed by atoms with Crippen molar-refractivity contribution >= 4 is 5.65 Å². The first-order valence-electron chi connectivity index (χ1n) is 6.75. The van der Waals surface area contributed by atoms with Crippen LogP contribution in [0.25, 0.3) is 16.9 Å². The van der Waals surface area contributed by atoms with Crippen molar-refractivity contribution in [3.05, 3.63) is 54.4 Å². The highest BCUT2D eigenvalue weighted by atomic mass is 16.5. The van der Waals surface area contributed by atoms with Gasteiger partial charge in [0, 0.05) is 11.8 Å². The fraction of sp³-hybridized carbons (Fsp3) is 0.176. The zero-order valence-electron chi connectivity index (χ0n) is 11.9. The van der Waals surface area contributed by atoms with E-state index in [1.165, 1.54) is 0 Å². The van der Waals surface area contributed by atoms with Crippen LogP contribution in [0.15, 0.2) is 48.7 Å². The van der Waals surface area contributed by atoms with Crippen LogP contribution in [0.5, 0.6) is 5.75 Å². The Labute approximate surface area is 123 Å². The summed E-state index contributed by atoms with van der Waals surface area (Å²) in [4.78, 5) is 4.68. The molecular formula is C17H15N3O. The summed E-state index contributed by atoms with van der Waals surface area (Å²) >= 11 is 0. The minimum atomic E-state index is -0.237. The molecule has 1 unspecified atom stereocenters. The van der Waals surface area contributed by atoms with Gasteiger partial charge in [0.2, 0.25) is 0 Å². The Kier molecular flexibility index (Phi) is 3.33. The number of rotatable bonds is 3. The van der Waals surface area contributed by atoms with Gasteiger partial charge in [0.15, 0.2) is 0 Å². The molecule has 1 atom stereocenters. The molecule has 0 N–H and O–H groups in total. The number of aromatic nitrogens is 2. The molecule has 4 heteroatoms. The molecule has 0 saturated carbocycles. The summed E-state index contributed by atoms with van der Waals surface area (Å²) in [6.07, 6.45) is 1.94. The van der Waals surface area contributed by atoms with E-state index in [4.69, 9.17) is 4.74 Å². The summed E-state index contributed by atoms with van der Waals surface area (Å²) in [5.41, 5.74) is 3.59. The standard InChI is InChI=1S/C17H15N3O/c1-12(11-18)17-16(13-6-8-14(21-2)9-7-13)19-15-5-3-4-10-20(15)17/h3-10,12H,1-2H3. The fourth-order valence-corrected chi connectivity index (χ4v) is 2.45. The average molecular weight is 277 g/mol. The maximum absolute atomic E-state index is 9.31. The quantitative estimate of drug-likeness (QED) is 0.734. The van der Waals surface area contributed by atoms with Gasteiger partial charge in [-0.2, -0.15) is 5.26 Å². The Hall–Kier alpha value is -2.80. The minimum Gasteiger partial charge on any atom is -0.497 e. The lowest BCUT2D eigenvalue weighted by atomic mass is 10.0. The second kappa shape index (κ2) is 5.29. The minimum absolute atomic E-state index is 0.237. The Morgan fingerprint density at radius 2 is 1.95 bits per heavy atom. The molecule has 0 aliphatic carbocycles. The van der Waals surface area contributed by atoms with Crippen molar-refractivity contribution in [2.24, 2.45) is 0 Å². The van der Waals surface area contributed by atoms with Crippen molar-refractivity contribution in [1.82, 2.24) is 9.38 Å². The summed E-state index contributed by atoms with van der Waals surface area (Å²) < 4.78 is 7.16. The smallest absolute Gasteiger partial charge is 0.137 e. The number of hydrogen-bond acceptors (Lipinski definition) is 3. The zero-order chi connectivity index (χ0) is 14.8. The van der Waals surface area contributed by atoms with Gasteiger partial charge in [-0.05, 0) is 43.3 Å². The number of methoxy groups -OCH3 is 1. The summed E-state index contributed by atoms with van der Waals surface area (Å²) in [6, 6.07) is 15.9. The number of hydrogen-bond donors (Lipinski definition) is 0. The van der Waals surface area contributed by atoms with E-state index in [0.717, 1.165) is 28.3 Å². The molecule has 104 valence electrons. The molecule has 0 radical (unpaired) electrons. The molecule has 0 aliphatic heterocycles. The number of nitriles is 1. The van der Waals surface area contributed by atoms with Crippen LogP contribution in [0, 0.1) is 11.3 Å². The Morgan fingerprint density at radius 3 is 2.62 bits per heavy atom. The lowest BCUT2D eigenvalue weighted by molar-refractivity contribution is 0.415. The Bertz CT molecular complexity index is 812. The van der Waals surface area contributed by atoms with Gasteiger partial charge in [0.05, 0.1) is 30.5 Å². The monoisotopic (exact) mass is 277 g/mol. The molecule has 1 aromatic carbocycles. The largest absolute Gasteiger partial charge is 0.497 e. The van der Waals surface area contributed by atoms with Crippen molar-refractivity contribution in [2.45, 2.75) is 12.8 Å². The molecule has 3 rings (SSSR count). The lowest BCUT2D eigenvalue weighted by Crippen LogP contribution is -1.98. The van der Waals surface area contributed by atoms with E-state index in [0.29, 0.717) is 0 Å². The van der Waals surface area contributed by atoms with Gasteiger partial charge in [0.1, 0.15) is 11.4 Å². The van der Waals surface area contributed by atoms with Crippen LogP contribution in [0.2, 0.25) is 0 Å². The number of ether oxygens (including phenoxy) is 1. The fourth-order valence-electron chi connectivity index (χ4n) is 2.45. The number of fused-ring (bicyclic) bond motifs is 1. The summed E-state index contributed by atoms with van der Waals surface area (Å²) in [7, 11) is 1.64. The van der Waals surface area contributed by atoms with Crippen LogP contribution in [-0.2, 0) is 0 Å². The van der Waals surface area contributed by atoms with Gasteiger partial charge < -0.3 is 9.14 Å². The molecule has 2 aromatic heterocycles. The van der Waals surface area contributed by atoms with E-state index in [1.54, 1.807) is 7.11 Å². The third-order valence-electron chi connectivity index (χ3n) is 3.53. The van der Waals surface area contributed by atoms with Crippen LogP contribution >= 0.6 is 0 Å². The summed E-state index contributed by atoms with van der Waals surface area (Å²) in [5, 5.41) is 9.31. The molecular weight excluding hydrogens is 262 g/mol. The molecule has 0 saturated heterocycles. The third kappa shape index (κ3) is 2.23. The first-order valence-corrected chi connectivity index (χ1v) is 6.75. The van der Waals surface area contributed by atoms with Crippen molar-refractivity contribution in [1.29, 1.82) is 5.26 Å². The second-order valence-electron chi connectivity index (χ2n) is 4.85. The number of benzene rings is 1. The zero-order valence-corrected chi connectivity index (χ0v) is 11.9. The van der Waals surface area contributed by atoms with Crippen molar-refractivity contribution in [2.75, 3.05) is 7.11 Å². The topological polar surface area (TPSA) is 50.3 Å². The molecule has 0 aliphatic rings.